The number of aromatic nitrogens is 4. The van der Waals surface area contributed by atoms with Gasteiger partial charge in [-0.3, -0.25) is 19.9 Å². The maximum atomic E-state index is 11.1. The average Bonchev–Trinajstić information content (AvgIpc) is 3.15. The van der Waals surface area contributed by atoms with Gasteiger partial charge in [0.05, 0.1) is 39.5 Å². The van der Waals surface area contributed by atoms with Crippen LogP contribution in [0.4, 0.5) is 0 Å². The molecule has 12 nitrogen and oxygen atoms in total. The van der Waals surface area contributed by atoms with Gasteiger partial charge in [0.15, 0.2) is 0 Å². The summed E-state index contributed by atoms with van der Waals surface area (Å²) in [5.41, 5.74) is 3.61. The Morgan fingerprint density at radius 3 is 1.15 bits per heavy atom. The molecule has 0 spiro atoms. The average molecular weight is 844 g/mol. The van der Waals surface area contributed by atoms with E-state index in [1.165, 1.54) is 135 Å². The predicted molar refractivity (Wildman–Crippen MR) is 208 cm³/mol. The third-order valence-corrected chi connectivity index (χ3v) is 7.44. The van der Waals surface area contributed by atoms with Crippen LogP contribution in [0.5, 0.6) is 0 Å². The summed E-state index contributed by atoms with van der Waals surface area (Å²) < 4.78 is 0. The molecule has 0 fully saturated rings. The molecule has 0 aliphatic rings. The summed E-state index contributed by atoms with van der Waals surface area (Å²) in [5.74, 6) is -3.10. The zero-order chi connectivity index (χ0) is 38.6. The fraction of sp³-hybridized carbons (Fsp3) is 0.342. The minimum Gasteiger partial charge on any atom is -0.753 e. The fourth-order valence-electron chi connectivity index (χ4n) is 4.87. The number of aromatic carboxylic acids is 3. The number of unbranched alkanes of at least 4 members (excludes halogenated alkanes) is 10. The molecule has 4 rings (SSSR count). The molecule has 0 bridgehead atoms. The van der Waals surface area contributed by atoms with E-state index in [1.807, 2.05) is 12.1 Å². The van der Waals surface area contributed by atoms with Crippen LogP contribution in [0, 0.1) is 0 Å². The van der Waals surface area contributed by atoms with Crippen molar-refractivity contribution in [2.75, 3.05) is 0 Å². The Kier molecular flexibility index (Phi) is 27.1. The summed E-state index contributed by atoms with van der Waals surface area (Å²) in [6.07, 6.45) is 21.8. The number of hydrogen-bond acceptors (Lipinski definition) is 9. The fourth-order valence-corrected chi connectivity index (χ4v) is 4.87. The van der Waals surface area contributed by atoms with Gasteiger partial charge in [-0.2, -0.15) is 10.3 Å². The van der Waals surface area contributed by atoms with E-state index in [0.717, 1.165) is 12.1 Å². The quantitative estimate of drug-likeness (QED) is 0.0393. The van der Waals surface area contributed by atoms with E-state index in [-0.39, 0.29) is 36.2 Å². The predicted octanol–water partition coefficient (Wildman–Crippen LogP) is 9.55. The van der Waals surface area contributed by atoms with E-state index in [0.29, 0.717) is 17.1 Å². The Hall–Kier alpha value is -4.77. The summed E-state index contributed by atoms with van der Waals surface area (Å²) in [7, 11) is 0. The number of isothiocyanates is 2. The van der Waals surface area contributed by atoms with Crippen LogP contribution < -0.4 is 0 Å². The minimum absolute atomic E-state index is 0. The molecule has 4 heterocycles. The molecule has 0 aliphatic carbocycles. The molecule has 0 atom stereocenters. The van der Waals surface area contributed by atoms with Crippen LogP contribution in [-0.4, -0.2) is 63.5 Å². The number of pyridine rings is 4. The third-order valence-electron chi connectivity index (χ3n) is 7.44. The van der Waals surface area contributed by atoms with Crippen LogP contribution >= 0.6 is 24.4 Å². The van der Waals surface area contributed by atoms with Crippen molar-refractivity contribution in [3.8, 4) is 22.8 Å². The zero-order valence-corrected chi connectivity index (χ0v) is 32.7. The minimum atomic E-state index is -1.08. The molecule has 0 saturated heterocycles. The standard InChI is InChI=1S/C24H34N2O2.C12H8N2O4.2CNS.Ru/c1-2-3-4-5-6-7-8-9-10-11-12-13-20-14-16-25-22(18-20)23-19-21(24(27)28)15-17-26-23;15-11(16)7-1-3-13-9(5-7)10-6-8(12(17)18)2-4-14-10;2*2-1-3;/h14-19H,2-13H2,1H3,(H,27,28);1-6H,(H,15,16)(H,17,18);;;/q;;2*-1;+2. The topological polar surface area (TPSA) is 208 Å². The van der Waals surface area contributed by atoms with Crippen LogP contribution in [0.25, 0.3) is 33.6 Å². The van der Waals surface area contributed by atoms with Crippen molar-refractivity contribution in [1.29, 1.82) is 0 Å². The monoisotopic (exact) mass is 844 g/mol. The van der Waals surface area contributed by atoms with E-state index in [1.54, 1.807) is 12.3 Å². The number of carbonyl (C=O) groups is 3. The van der Waals surface area contributed by atoms with Crippen LogP contribution in [0.2, 0.25) is 0 Å². The molecule has 280 valence electrons. The van der Waals surface area contributed by atoms with Gasteiger partial charge < -0.3 is 26.1 Å². The van der Waals surface area contributed by atoms with Gasteiger partial charge in [0.2, 0.25) is 0 Å². The van der Waals surface area contributed by atoms with E-state index in [9.17, 15) is 14.4 Å². The number of rotatable bonds is 17. The summed E-state index contributed by atoms with van der Waals surface area (Å²) in [4.78, 5) is 49.3. The van der Waals surface area contributed by atoms with Crippen LogP contribution in [0.1, 0.15) is 114 Å². The Morgan fingerprint density at radius 2 is 0.830 bits per heavy atom. The second-order valence-corrected chi connectivity index (χ2v) is 11.6. The first-order chi connectivity index (χ1) is 25.1. The summed E-state index contributed by atoms with van der Waals surface area (Å²) in [5, 5.41) is 43.8. The molecule has 4 aromatic heterocycles. The zero-order valence-electron chi connectivity index (χ0n) is 29.3. The molecule has 0 aliphatic heterocycles. The van der Waals surface area contributed by atoms with Gasteiger partial charge in [-0.25, -0.2) is 14.4 Å². The molecule has 15 heteroatoms. The SMILES string of the molecule is CCCCCCCCCCCCCc1ccnc(-c2cc(C(=O)O)ccn2)c1.O=C(O)c1ccnc(-c2cc(C(=O)O)ccn2)c1.[N-]=C=S.[N-]=C=S.[Ru+2]. The van der Waals surface area contributed by atoms with E-state index in [4.69, 9.17) is 26.1 Å². The largest absolute Gasteiger partial charge is 2.00 e. The Labute approximate surface area is 333 Å². The van der Waals surface area contributed by atoms with Gasteiger partial charge in [0, 0.05) is 24.8 Å². The van der Waals surface area contributed by atoms with Gasteiger partial charge in [0.25, 0.3) is 0 Å². The van der Waals surface area contributed by atoms with Gasteiger partial charge in [-0.05, 0) is 66.9 Å². The molecule has 0 unspecified atom stereocenters. The van der Waals surface area contributed by atoms with Gasteiger partial charge in [-0.15, -0.1) is 0 Å². The molecule has 0 radical (unpaired) electrons. The number of carboxylic acid groups (broad SMARTS) is 3. The number of aryl methyl sites for hydroxylation is 1. The summed E-state index contributed by atoms with van der Waals surface area (Å²) in [6, 6.07) is 12.6. The molecule has 3 N–H and O–H groups in total. The van der Waals surface area contributed by atoms with Gasteiger partial charge in [-0.1, -0.05) is 95.6 Å². The van der Waals surface area contributed by atoms with Crippen LogP contribution in [-0.2, 0) is 25.9 Å². The Balaban J connectivity index is 0.000000927. The van der Waals surface area contributed by atoms with Crippen molar-refractivity contribution in [2.24, 2.45) is 0 Å². The second kappa shape index (κ2) is 29.8. The molecule has 0 amide bonds. The number of thiocarbonyl (C=S) groups is 2. The van der Waals surface area contributed by atoms with Crippen molar-refractivity contribution in [2.45, 2.75) is 84.0 Å². The number of carboxylic acids is 3. The first-order valence-electron chi connectivity index (χ1n) is 16.7. The maximum absolute atomic E-state index is 11.1. The van der Waals surface area contributed by atoms with E-state index >= 15 is 0 Å². The molecule has 0 saturated carbocycles. The molecule has 0 aromatic carbocycles. The van der Waals surface area contributed by atoms with Gasteiger partial charge >= 0.3 is 37.4 Å². The maximum Gasteiger partial charge on any atom is 2.00 e. The van der Waals surface area contributed by atoms with Crippen molar-refractivity contribution in [3.05, 3.63) is 106 Å². The third kappa shape index (κ3) is 20.8. The smallest absolute Gasteiger partial charge is 0.753 e. The summed E-state index contributed by atoms with van der Waals surface area (Å²) in [6.45, 7) is 2.26. The Bertz CT molecular complexity index is 1720. The van der Waals surface area contributed by atoms with Crippen molar-refractivity contribution in [1.82, 2.24) is 19.9 Å². The van der Waals surface area contributed by atoms with Crippen molar-refractivity contribution >= 4 is 52.7 Å². The molecular weight excluding hydrogens is 802 g/mol. The second-order valence-electron chi connectivity index (χ2n) is 11.2. The van der Waals surface area contributed by atoms with Crippen molar-refractivity contribution < 1.29 is 49.2 Å². The van der Waals surface area contributed by atoms with Crippen LogP contribution in [0.3, 0.4) is 0 Å². The molecule has 4 aromatic rings. The van der Waals surface area contributed by atoms with Gasteiger partial charge in [0.1, 0.15) is 0 Å². The number of hydrogen-bond donors (Lipinski definition) is 3. The number of nitrogens with zero attached hydrogens (tertiary/aromatic N) is 6. The van der Waals surface area contributed by atoms with Crippen molar-refractivity contribution in [3.63, 3.8) is 0 Å². The van der Waals surface area contributed by atoms with Crippen LogP contribution in [0.15, 0.2) is 73.3 Å². The summed E-state index contributed by atoms with van der Waals surface area (Å²) >= 11 is 7.40. The molecular formula is C38H42N6O6RuS2. The Morgan fingerprint density at radius 1 is 0.547 bits per heavy atom. The normalized spacial score (nSPS) is 9.45. The van der Waals surface area contributed by atoms with E-state index in [2.05, 4.69) is 51.3 Å². The first kappa shape index (κ1) is 48.2. The van der Waals surface area contributed by atoms with E-state index < -0.39 is 17.9 Å². The first-order valence-corrected chi connectivity index (χ1v) is 17.5. The molecule has 53 heavy (non-hydrogen) atoms.